The van der Waals surface area contributed by atoms with E-state index >= 15 is 0 Å². The van der Waals surface area contributed by atoms with Gasteiger partial charge in [0, 0.05) is 12.0 Å². The summed E-state index contributed by atoms with van der Waals surface area (Å²) in [6.07, 6.45) is 1.53. The van der Waals surface area contributed by atoms with E-state index in [2.05, 4.69) is 5.32 Å². The van der Waals surface area contributed by atoms with Crippen molar-refractivity contribution in [1.82, 2.24) is 5.32 Å². The summed E-state index contributed by atoms with van der Waals surface area (Å²) in [5, 5.41) is 2.75. The number of rotatable bonds is 6. The lowest BCUT2D eigenvalue weighted by atomic mass is 9.93. The largest absolute Gasteiger partial charge is 0.370 e. The Morgan fingerprint density at radius 2 is 1.75 bits per heavy atom. The molecule has 94 valence electrons. The van der Waals surface area contributed by atoms with Gasteiger partial charge in [-0.2, -0.15) is 0 Å². The molecule has 0 fully saturated rings. The van der Waals surface area contributed by atoms with E-state index in [-0.39, 0.29) is 12.3 Å². The quantitative estimate of drug-likeness (QED) is 0.610. The Bertz CT molecular complexity index is 272. The molecule has 0 aromatic heterocycles. The van der Waals surface area contributed by atoms with Gasteiger partial charge in [0.2, 0.25) is 11.8 Å². The first kappa shape index (κ1) is 14.9. The van der Waals surface area contributed by atoms with Crippen molar-refractivity contribution < 1.29 is 9.59 Å². The lowest BCUT2D eigenvalue weighted by Crippen LogP contribution is -2.57. The van der Waals surface area contributed by atoms with E-state index in [4.69, 9.17) is 11.5 Å². The van der Waals surface area contributed by atoms with Crippen LogP contribution in [-0.2, 0) is 9.59 Å². The van der Waals surface area contributed by atoms with Gasteiger partial charge in [-0.15, -0.1) is 0 Å². The molecule has 0 aromatic rings. The number of nitrogens with one attached hydrogen (secondary N) is 1. The number of nitrogens with two attached hydrogens (primary N) is 2. The van der Waals surface area contributed by atoms with Crippen LogP contribution in [0.1, 0.15) is 47.0 Å². The maximum absolute atomic E-state index is 11.9. The highest BCUT2D eigenvalue weighted by molar-refractivity contribution is 5.87. The van der Waals surface area contributed by atoms with Crippen molar-refractivity contribution in [2.75, 3.05) is 0 Å². The molecule has 0 aromatic carbocycles. The molecule has 0 aliphatic carbocycles. The van der Waals surface area contributed by atoms with E-state index in [9.17, 15) is 9.59 Å². The van der Waals surface area contributed by atoms with Crippen LogP contribution in [0.4, 0.5) is 0 Å². The molecule has 0 heterocycles. The molecule has 0 saturated heterocycles. The van der Waals surface area contributed by atoms with E-state index < -0.39 is 17.0 Å². The summed E-state index contributed by atoms with van der Waals surface area (Å²) in [5.41, 5.74) is 9.43. The monoisotopic (exact) mass is 229 g/mol. The summed E-state index contributed by atoms with van der Waals surface area (Å²) in [6, 6.07) is 0. The molecule has 2 amide bonds. The van der Waals surface area contributed by atoms with Crippen LogP contribution in [0.5, 0.6) is 0 Å². The van der Waals surface area contributed by atoms with Gasteiger partial charge in [-0.1, -0.05) is 13.3 Å². The molecule has 0 radical (unpaired) electrons. The molecule has 0 rings (SSSR count). The molecule has 1 atom stereocenters. The van der Waals surface area contributed by atoms with Gasteiger partial charge in [0.25, 0.3) is 0 Å². The van der Waals surface area contributed by atoms with Crippen LogP contribution in [0.25, 0.3) is 0 Å². The van der Waals surface area contributed by atoms with Crippen molar-refractivity contribution in [1.29, 1.82) is 0 Å². The first-order valence-electron chi connectivity index (χ1n) is 5.50. The van der Waals surface area contributed by atoms with Gasteiger partial charge < -0.3 is 16.8 Å². The highest BCUT2D eigenvalue weighted by atomic mass is 16.2. The Balaban J connectivity index is 4.49. The zero-order valence-electron chi connectivity index (χ0n) is 10.6. The van der Waals surface area contributed by atoms with Crippen molar-refractivity contribution in [3.05, 3.63) is 0 Å². The van der Waals surface area contributed by atoms with Crippen molar-refractivity contribution >= 4 is 11.8 Å². The average molecular weight is 229 g/mol. The third-order valence-electron chi connectivity index (χ3n) is 2.36. The number of carbonyl (C=O) groups is 2. The minimum absolute atomic E-state index is 0.0982. The molecule has 5 heteroatoms. The van der Waals surface area contributed by atoms with E-state index in [0.29, 0.717) is 6.42 Å². The van der Waals surface area contributed by atoms with E-state index in [0.717, 1.165) is 6.42 Å². The summed E-state index contributed by atoms with van der Waals surface area (Å²) >= 11 is 0. The Labute approximate surface area is 96.9 Å². The molecule has 1 unspecified atom stereocenters. The van der Waals surface area contributed by atoms with E-state index in [1.165, 1.54) is 0 Å². The number of carbonyl (C=O) groups excluding carboxylic acids is 2. The summed E-state index contributed by atoms with van der Waals surface area (Å²) in [5.74, 6) is -0.694. The van der Waals surface area contributed by atoms with Gasteiger partial charge in [0.15, 0.2) is 0 Å². The zero-order chi connectivity index (χ0) is 13.0. The summed E-state index contributed by atoms with van der Waals surface area (Å²) in [4.78, 5) is 22.7. The van der Waals surface area contributed by atoms with Crippen LogP contribution in [0, 0.1) is 0 Å². The van der Waals surface area contributed by atoms with Crippen molar-refractivity contribution in [3.8, 4) is 0 Å². The Morgan fingerprint density at radius 3 is 2.12 bits per heavy atom. The third kappa shape index (κ3) is 5.11. The fourth-order valence-electron chi connectivity index (χ4n) is 1.56. The smallest absolute Gasteiger partial charge is 0.240 e. The Hall–Kier alpha value is -1.10. The highest BCUT2D eigenvalue weighted by Gasteiger charge is 2.32. The van der Waals surface area contributed by atoms with Crippen molar-refractivity contribution in [2.24, 2.45) is 11.5 Å². The van der Waals surface area contributed by atoms with Gasteiger partial charge in [-0.05, 0) is 27.2 Å². The zero-order valence-corrected chi connectivity index (χ0v) is 10.6. The molecule has 0 saturated carbocycles. The molecular weight excluding hydrogens is 206 g/mol. The van der Waals surface area contributed by atoms with E-state index in [1.54, 1.807) is 20.8 Å². The van der Waals surface area contributed by atoms with Gasteiger partial charge in [0.05, 0.1) is 5.54 Å². The number of amides is 2. The van der Waals surface area contributed by atoms with E-state index in [1.807, 2.05) is 6.92 Å². The standard InChI is InChI=1S/C11H23N3O2/c1-5-6-11(4,13)9(16)14-10(2,3)7-8(12)15/h5-7,13H2,1-4H3,(H2,12,15)(H,14,16). The van der Waals surface area contributed by atoms with Crippen LogP contribution in [0.2, 0.25) is 0 Å². The molecule has 0 aliphatic rings. The van der Waals surface area contributed by atoms with Gasteiger partial charge in [-0.3, -0.25) is 9.59 Å². The lowest BCUT2D eigenvalue weighted by molar-refractivity contribution is -0.128. The van der Waals surface area contributed by atoms with Crippen LogP contribution < -0.4 is 16.8 Å². The number of hydrogen-bond acceptors (Lipinski definition) is 3. The molecule has 0 spiro atoms. The molecule has 0 bridgehead atoms. The molecule has 5 N–H and O–H groups in total. The molecule has 5 nitrogen and oxygen atoms in total. The van der Waals surface area contributed by atoms with Crippen LogP contribution in [0.3, 0.4) is 0 Å². The summed E-state index contributed by atoms with van der Waals surface area (Å²) in [7, 11) is 0. The number of hydrogen-bond donors (Lipinski definition) is 3. The fraction of sp³-hybridized carbons (Fsp3) is 0.818. The molecular formula is C11H23N3O2. The second-order valence-electron chi connectivity index (χ2n) is 5.15. The maximum atomic E-state index is 11.9. The average Bonchev–Trinajstić information content (AvgIpc) is 1.99. The molecule has 16 heavy (non-hydrogen) atoms. The number of primary amides is 1. The Morgan fingerprint density at radius 1 is 1.25 bits per heavy atom. The lowest BCUT2D eigenvalue weighted by Gasteiger charge is -2.31. The minimum atomic E-state index is -0.899. The van der Waals surface area contributed by atoms with Gasteiger partial charge >= 0.3 is 0 Å². The predicted molar refractivity (Wildman–Crippen MR) is 63.5 cm³/mol. The second kappa shape index (κ2) is 5.30. The van der Waals surface area contributed by atoms with Crippen LogP contribution in [0.15, 0.2) is 0 Å². The predicted octanol–water partition coefficient (Wildman–Crippen LogP) is 0.274. The summed E-state index contributed by atoms with van der Waals surface area (Å²) in [6.45, 7) is 7.15. The fourth-order valence-corrected chi connectivity index (χ4v) is 1.56. The molecule has 0 aliphatic heterocycles. The Kier molecular flexibility index (Phi) is 4.93. The van der Waals surface area contributed by atoms with Gasteiger partial charge in [-0.25, -0.2) is 0 Å². The van der Waals surface area contributed by atoms with Crippen molar-refractivity contribution in [3.63, 3.8) is 0 Å². The minimum Gasteiger partial charge on any atom is -0.370 e. The first-order chi connectivity index (χ1) is 7.10. The van der Waals surface area contributed by atoms with Crippen molar-refractivity contribution in [2.45, 2.75) is 58.0 Å². The van der Waals surface area contributed by atoms with Crippen LogP contribution in [-0.4, -0.2) is 22.9 Å². The first-order valence-corrected chi connectivity index (χ1v) is 5.50. The summed E-state index contributed by atoms with van der Waals surface area (Å²) < 4.78 is 0. The topological polar surface area (TPSA) is 98.2 Å². The third-order valence-corrected chi connectivity index (χ3v) is 2.36. The SMILES string of the molecule is CCCC(C)(N)C(=O)NC(C)(C)CC(N)=O. The normalized spacial score (nSPS) is 15.3. The van der Waals surface area contributed by atoms with Gasteiger partial charge in [0.1, 0.15) is 0 Å². The maximum Gasteiger partial charge on any atom is 0.240 e. The van der Waals surface area contributed by atoms with Crippen LogP contribution >= 0.6 is 0 Å². The highest BCUT2D eigenvalue weighted by Crippen LogP contribution is 2.13. The second-order valence-corrected chi connectivity index (χ2v) is 5.15.